The first kappa shape index (κ1) is 12.6. The molecule has 1 aromatic carbocycles. The Bertz CT molecular complexity index is 338. The predicted octanol–water partition coefficient (Wildman–Crippen LogP) is 2.84. The van der Waals surface area contributed by atoms with Gasteiger partial charge >= 0.3 is 0 Å². The monoisotopic (exact) mass is 233 g/mol. The van der Waals surface area contributed by atoms with Crippen molar-refractivity contribution in [3.63, 3.8) is 0 Å². The van der Waals surface area contributed by atoms with Crippen molar-refractivity contribution in [3.05, 3.63) is 35.9 Å². The van der Waals surface area contributed by atoms with E-state index in [1.807, 2.05) is 0 Å². The average molecular weight is 233 g/mol. The Labute approximate surface area is 104 Å². The number of β-amino-alcohol motifs (C(OH)–C–C–N with tert-alkyl or cyclic N) is 1. The Balaban J connectivity index is 2.09. The van der Waals surface area contributed by atoms with Crippen LogP contribution in [0.3, 0.4) is 0 Å². The van der Waals surface area contributed by atoms with Crippen molar-refractivity contribution in [1.29, 1.82) is 0 Å². The number of nitrogens with zero attached hydrogens (tertiary/aromatic N) is 1. The highest BCUT2D eigenvalue weighted by Gasteiger charge is 2.28. The number of rotatable bonds is 3. The van der Waals surface area contributed by atoms with E-state index in [0.717, 1.165) is 25.9 Å². The van der Waals surface area contributed by atoms with Crippen LogP contribution in [-0.2, 0) is 0 Å². The van der Waals surface area contributed by atoms with Gasteiger partial charge in [0.2, 0.25) is 0 Å². The van der Waals surface area contributed by atoms with Crippen molar-refractivity contribution in [2.24, 2.45) is 5.92 Å². The molecule has 3 atom stereocenters. The van der Waals surface area contributed by atoms with Gasteiger partial charge in [-0.25, -0.2) is 0 Å². The normalized spacial score (nSPS) is 27.9. The van der Waals surface area contributed by atoms with E-state index in [2.05, 4.69) is 49.1 Å². The lowest BCUT2D eigenvalue weighted by atomic mass is 9.92. The summed E-state index contributed by atoms with van der Waals surface area (Å²) in [6, 6.07) is 11.1. The van der Waals surface area contributed by atoms with Crippen LogP contribution in [0.2, 0.25) is 0 Å². The second-order valence-corrected chi connectivity index (χ2v) is 5.16. The lowest BCUT2D eigenvalue weighted by Crippen LogP contribution is -2.44. The molecule has 17 heavy (non-hydrogen) atoms. The standard InChI is InChI=1S/C15H23NO/c1-3-14(13-7-5-4-6-8-13)16-10-9-12(2)15(17)11-16/h4-8,12,14-15,17H,3,9-11H2,1-2H3. The molecule has 1 saturated heterocycles. The zero-order valence-corrected chi connectivity index (χ0v) is 10.8. The fraction of sp³-hybridized carbons (Fsp3) is 0.600. The zero-order valence-electron chi connectivity index (χ0n) is 10.8. The summed E-state index contributed by atoms with van der Waals surface area (Å²) in [6.45, 7) is 6.29. The third-order valence-electron chi connectivity index (χ3n) is 3.96. The molecule has 1 heterocycles. The van der Waals surface area contributed by atoms with Crippen LogP contribution in [0.15, 0.2) is 30.3 Å². The Morgan fingerprint density at radius 2 is 2.06 bits per heavy atom. The molecule has 0 aliphatic carbocycles. The van der Waals surface area contributed by atoms with Gasteiger partial charge in [0.05, 0.1) is 6.10 Å². The van der Waals surface area contributed by atoms with Gasteiger partial charge in [-0.3, -0.25) is 4.90 Å². The fourth-order valence-electron chi connectivity index (χ4n) is 2.74. The third kappa shape index (κ3) is 2.88. The lowest BCUT2D eigenvalue weighted by molar-refractivity contribution is 0.00865. The molecular weight excluding hydrogens is 210 g/mol. The maximum atomic E-state index is 10.00. The van der Waals surface area contributed by atoms with Gasteiger partial charge in [-0.2, -0.15) is 0 Å². The maximum Gasteiger partial charge on any atom is 0.0693 e. The van der Waals surface area contributed by atoms with Crippen molar-refractivity contribution in [1.82, 2.24) is 4.90 Å². The number of aliphatic hydroxyl groups is 1. The number of piperidine rings is 1. The second kappa shape index (κ2) is 5.65. The molecule has 1 aliphatic heterocycles. The zero-order chi connectivity index (χ0) is 12.3. The minimum absolute atomic E-state index is 0.165. The molecule has 1 aliphatic rings. The topological polar surface area (TPSA) is 23.5 Å². The summed E-state index contributed by atoms with van der Waals surface area (Å²) in [5, 5.41) is 10.00. The summed E-state index contributed by atoms with van der Waals surface area (Å²) in [6.07, 6.45) is 2.04. The van der Waals surface area contributed by atoms with Crippen LogP contribution in [0.25, 0.3) is 0 Å². The number of hydrogen-bond acceptors (Lipinski definition) is 2. The van der Waals surface area contributed by atoms with Gasteiger partial charge in [0.15, 0.2) is 0 Å². The molecule has 0 saturated carbocycles. The maximum absolute atomic E-state index is 10.00. The summed E-state index contributed by atoms with van der Waals surface area (Å²) in [5.41, 5.74) is 1.37. The first-order valence-electron chi connectivity index (χ1n) is 6.69. The molecule has 1 N–H and O–H groups in total. The second-order valence-electron chi connectivity index (χ2n) is 5.16. The quantitative estimate of drug-likeness (QED) is 0.867. The van der Waals surface area contributed by atoms with Crippen molar-refractivity contribution in [2.45, 2.75) is 38.8 Å². The van der Waals surface area contributed by atoms with Crippen LogP contribution in [0, 0.1) is 5.92 Å². The van der Waals surface area contributed by atoms with E-state index < -0.39 is 0 Å². The Morgan fingerprint density at radius 3 is 2.65 bits per heavy atom. The highest BCUT2D eigenvalue weighted by atomic mass is 16.3. The van der Waals surface area contributed by atoms with Gasteiger partial charge in [0, 0.05) is 12.6 Å². The highest BCUT2D eigenvalue weighted by molar-refractivity contribution is 5.19. The predicted molar refractivity (Wildman–Crippen MR) is 70.8 cm³/mol. The molecule has 0 spiro atoms. The fourth-order valence-corrected chi connectivity index (χ4v) is 2.74. The van der Waals surface area contributed by atoms with E-state index in [1.165, 1.54) is 5.56 Å². The van der Waals surface area contributed by atoms with E-state index in [4.69, 9.17) is 0 Å². The van der Waals surface area contributed by atoms with Gasteiger partial charge in [-0.1, -0.05) is 44.2 Å². The Hall–Kier alpha value is -0.860. The summed E-state index contributed by atoms with van der Waals surface area (Å²) in [7, 11) is 0. The van der Waals surface area contributed by atoms with Gasteiger partial charge in [0.1, 0.15) is 0 Å². The number of aliphatic hydroxyl groups excluding tert-OH is 1. The minimum Gasteiger partial charge on any atom is -0.392 e. The molecule has 2 rings (SSSR count). The minimum atomic E-state index is -0.165. The van der Waals surface area contributed by atoms with Crippen molar-refractivity contribution in [3.8, 4) is 0 Å². The van der Waals surface area contributed by atoms with E-state index in [0.29, 0.717) is 12.0 Å². The van der Waals surface area contributed by atoms with Crippen LogP contribution in [0.1, 0.15) is 38.3 Å². The van der Waals surface area contributed by atoms with Crippen LogP contribution in [0.4, 0.5) is 0 Å². The first-order chi connectivity index (χ1) is 8.22. The van der Waals surface area contributed by atoms with Gasteiger partial charge in [0.25, 0.3) is 0 Å². The highest BCUT2D eigenvalue weighted by Crippen LogP contribution is 2.28. The van der Waals surface area contributed by atoms with Crippen LogP contribution < -0.4 is 0 Å². The summed E-state index contributed by atoms with van der Waals surface area (Å²) >= 11 is 0. The molecule has 0 radical (unpaired) electrons. The summed E-state index contributed by atoms with van der Waals surface area (Å²) < 4.78 is 0. The van der Waals surface area contributed by atoms with E-state index in [1.54, 1.807) is 0 Å². The van der Waals surface area contributed by atoms with E-state index in [-0.39, 0.29) is 6.10 Å². The van der Waals surface area contributed by atoms with Crippen LogP contribution in [0.5, 0.6) is 0 Å². The largest absolute Gasteiger partial charge is 0.392 e. The van der Waals surface area contributed by atoms with E-state index in [9.17, 15) is 5.11 Å². The van der Waals surface area contributed by atoms with Gasteiger partial charge in [-0.15, -0.1) is 0 Å². The average Bonchev–Trinajstić information content (AvgIpc) is 2.36. The number of benzene rings is 1. The first-order valence-corrected chi connectivity index (χ1v) is 6.69. The molecule has 94 valence electrons. The van der Waals surface area contributed by atoms with E-state index >= 15 is 0 Å². The molecule has 0 bridgehead atoms. The Morgan fingerprint density at radius 1 is 1.35 bits per heavy atom. The van der Waals surface area contributed by atoms with Gasteiger partial charge in [-0.05, 0) is 30.9 Å². The number of likely N-dealkylation sites (tertiary alicyclic amines) is 1. The SMILES string of the molecule is CCC(c1ccccc1)N1CCC(C)C(O)C1. The number of hydrogen-bond donors (Lipinski definition) is 1. The molecule has 0 aromatic heterocycles. The summed E-state index contributed by atoms with van der Waals surface area (Å²) in [5.74, 6) is 0.444. The molecule has 0 amide bonds. The Kier molecular flexibility index (Phi) is 4.19. The van der Waals surface area contributed by atoms with Crippen molar-refractivity contribution >= 4 is 0 Å². The molecule has 2 heteroatoms. The van der Waals surface area contributed by atoms with Crippen molar-refractivity contribution < 1.29 is 5.11 Å². The van der Waals surface area contributed by atoms with Crippen molar-refractivity contribution in [2.75, 3.05) is 13.1 Å². The van der Waals surface area contributed by atoms with Crippen LogP contribution >= 0.6 is 0 Å². The van der Waals surface area contributed by atoms with Crippen LogP contribution in [-0.4, -0.2) is 29.2 Å². The molecule has 1 fully saturated rings. The third-order valence-corrected chi connectivity index (χ3v) is 3.96. The molecule has 2 nitrogen and oxygen atoms in total. The smallest absolute Gasteiger partial charge is 0.0693 e. The lowest BCUT2D eigenvalue weighted by Gasteiger charge is -2.39. The summed E-state index contributed by atoms with van der Waals surface area (Å²) in [4.78, 5) is 2.43. The van der Waals surface area contributed by atoms with Gasteiger partial charge < -0.3 is 5.11 Å². The molecule has 3 unspecified atom stereocenters. The molecule has 1 aromatic rings. The molecular formula is C15H23NO.